The van der Waals surface area contributed by atoms with Crippen LogP contribution in [-0.4, -0.2) is 21.0 Å². The molecule has 1 heterocycles. The summed E-state index contributed by atoms with van der Waals surface area (Å²) in [6, 6.07) is 19.3. The summed E-state index contributed by atoms with van der Waals surface area (Å²) in [7, 11) is -3.66. The standard InChI is InChI=1S/C23H23N3O3S/c1-16-3-8-19(9-4-16)24-23(27)25-20-10-7-18-13-14-26(22(18)15-20)30(28,29)21-11-5-17(2)6-12-21/h3-12,15H,13-14H2,1-2H3,(H2,24,25,27). The van der Waals surface area contributed by atoms with Crippen LogP contribution >= 0.6 is 0 Å². The largest absolute Gasteiger partial charge is 0.323 e. The third-order valence-corrected chi connectivity index (χ3v) is 6.94. The smallest absolute Gasteiger partial charge is 0.308 e. The molecule has 0 fully saturated rings. The molecular weight excluding hydrogens is 398 g/mol. The second-order valence-corrected chi connectivity index (χ2v) is 9.29. The minimum absolute atomic E-state index is 0.261. The number of carbonyl (C=O) groups excluding carboxylic acids is 1. The van der Waals surface area contributed by atoms with E-state index in [2.05, 4.69) is 10.6 Å². The summed E-state index contributed by atoms with van der Waals surface area (Å²) >= 11 is 0. The van der Waals surface area contributed by atoms with Crippen LogP contribution in [0, 0.1) is 13.8 Å². The molecule has 1 aliphatic heterocycles. The topological polar surface area (TPSA) is 78.5 Å². The predicted octanol–water partition coefficient (Wildman–Crippen LogP) is 4.70. The van der Waals surface area contributed by atoms with E-state index in [1.165, 1.54) is 4.31 Å². The highest BCUT2D eigenvalue weighted by molar-refractivity contribution is 7.92. The molecule has 0 radical (unpaired) electrons. The number of amides is 2. The van der Waals surface area contributed by atoms with Crippen molar-refractivity contribution in [2.24, 2.45) is 0 Å². The van der Waals surface area contributed by atoms with Crippen LogP contribution in [0.4, 0.5) is 21.9 Å². The van der Waals surface area contributed by atoms with Gasteiger partial charge in [0.15, 0.2) is 0 Å². The van der Waals surface area contributed by atoms with Crippen LogP contribution in [0.5, 0.6) is 0 Å². The Bertz CT molecular complexity index is 1190. The molecule has 1 aliphatic rings. The number of sulfonamides is 1. The van der Waals surface area contributed by atoms with Gasteiger partial charge in [-0.1, -0.05) is 41.5 Å². The molecule has 154 valence electrons. The average molecular weight is 422 g/mol. The molecule has 0 spiro atoms. The minimum atomic E-state index is -3.66. The van der Waals surface area contributed by atoms with E-state index < -0.39 is 10.0 Å². The van der Waals surface area contributed by atoms with E-state index >= 15 is 0 Å². The second-order valence-electron chi connectivity index (χ2n) is 7.43. The third kappa shape index (κ3) is 4.02. The van der Waals surface area contributed by atoms with E-state index in [1.54, 1.807) is 36.4 Å². The van der Waals surface area contributed by atoms with Gasteiger partial charge in [0.2, 0.25) is 0 Å². The summed E-state index contributed by atoms with van der Waals surface area (Å²) in [6.45, 7) is 4.27. The monoisotopic (exact) mass is 421 g/mol. The lowest BCUT2D eigenvalue weighted by Crippen LogP contribution is -2.29. The number of carbonyl (C=O) groups is 1. The highest BCUT2D eigenvalue weighted by Crippen LogP contribution is 2.35. The Morgan fingerprint density at radius 1 is 0.833 bits per heavy atom. The molecule has 0 atom stereocenters. The maximum atomic E-state index is 13.1. The van der Waals surface area contributed by atoms with Crippen LogP contribution in [0.3, 0.4) is 0 Å². The van der Waals surface area contributed by atoms with Crippen molar-refractivity contribution in [3.63, 3.8) is 0 Å². The number of nitrogens with one attached hydrogen (secondary N) is 2. The Kier molecular flexibility index (Phi) is 5.22. The van der Waals surface area contributed by atoms with Crippen LogP contribution in [-0.2, 0) is 16.4 Å². The Balaban J connectivity index is 1.55. The molecule has 4 rings (SSSR count). The van der Waals surface area contributed by atoms with Gasteiger partial charge in [0.1, 0.15) is 0 Å². The van der Waals surface area contributed by atoms with E-state index in [0.717, 1.165) is 16.7 Å². The number of urea groups is 1. The molecule has 0 saturated carbocycles. The van der Waals surface area contributed by atoms with Crippen molar-refractivity contribution < 1.29 is 13.2 Å². The van der Waals surface area contributed by atoms with E-state index in [1.807, 2.05) is 44.2 Å². The highest BCUT2D eigenvalue weighted by Gasteiger charge is 2.31. The summed E-state index contributed by atoms with van der Waals surface area (Å²) in [5, 5.41) is 5.56. The van der Waals surface area contributed by atoms with Gasteiger partial charge in [-0.05, 0) is 62.2 Å². The second kappa shape index (κ2) is 7.84. The Hall–Kier alpha value is -3.32. The van der Waals surface area contributed by atoms with Crippen molar-refractivity contribution in [2.75, 3.05) is 21.5 Å². The van der Waals surface area contributed by atoms with Gasteiger partial charge in [-0.2, -0.15) is 0 Å². The SMILES string of the molecule is Cc1ccc(NC(=O)Nc2ccc3c(c2)N(S(=O)(=O)c2ccc(C)cc2)CC3)cc1. The molecule has 30 heavy (non-hydrogen) atoms. The number of nitrogens with zero attached hydrogens (tertiary/aromatic N) is 1. The average Bonchev–Trinajstić information content (AvgIpc) is 3.14. The number of hydrogen-bond donors (Lipinski definition) is 2. The predicted molar refractivity (Wildman–Crippen MR) is 120 cm³/mol. The fourth-order valence-corrected chi connectivity index (χ4v) is 4.94. The van der Waals surface area contributed by atoms with Crippen LogP contribution in [0.1, 0.15) is 16.7 Å². The van der Waals surface area contributed by atoms with Crippen LogP contribution in [0.15, 0.2) is 71.6 Å². The van der Waals surface area contributed by atoms with Gasteiger partial charge in [0, 0.05) is 17.9 Å². The van der Waals surface area contributed by atoms with Crippen molar-refractivity contribution in [3.05, 3.63) is 83.4 Å². The lowest BCUT2D eigenvalue weighted by molar-refractivity contribution is 0.262. The molecule has 3 aromatic carbocycles. The first-order chi connectivity index (χ1) is 14.3. The Morgan fingerprint density at radius 3 is 2.07 bits per heavy atom. The van der Waals surface area contributed by atoms with E-state index in [-0.39, 0.29) is 10.9 Å². The molecule has 7 heteroatoms. The summed E-state index contributed by atoms with van der Waals surface area (Å²) in [4.78, 5) is 12.6. The fraction of sp³-hybridized carbons (Fsp3) is 0.174. The quantitative estimate of drug-likeness (QED) is 0.641. The van der Waals surface area contributed by atoms with Crippen molar-refractivity contribution in [1.82, 2.24) is 0 Å². The van der Waals surface area contributed by atoms with Gasteiger partial charge in [0.05, 0.1) is 10.6 Å². The number of fused-ring (bicyclic) bond motifs is 1. The molecule has 2 N–H and O–H groups in total. The molecule has 0 aromatic heterocycles. The zero-order valence-electron chi connectivity index (χ0n) is 16.8. The zero-order valence-corrected chi connectivity index (χ0v) is 17.7. The van der Waals surface area contributed by atoms with Gasteiger partial charge < -0.3 is 10.6 Å². The first-order valence-electron chi connectivity index (χ1n) is 9.70. The summed E-state index contributed by atoms with van der Waals surface area (Å²) in [5.74, 6) is 0. The summed E-state index contributed by atoms with van der Waals surface area (Å²) in [5.41, 5.74) is 4.86. The molecule has 0 unspecified atom stereocenters. The van der Waals surface area contributed by atoms with E-state index in [0.29, 0.717) is 30.0 Å². The molecular formula is C23H23N3O3S. The highest BCUT2D eigenvalue weighted by atomic mass is 32.2. The van der Waals surface area contributed by atoms with Crippen molar-refractivity contribution in [1.29, 1.82) is 0 Å². The van der Waals surface area contributed by atoms with Crippen molar-refractivity contribution >= 4 is 33.1 Å². The number of benzene rings is 3. The number of anilines is 3. The van der Waals surface area contributed by atoms with Crippen LogP contribution in [0.2, 0.25) is 0 Å². The number of hydrogen-bond acceptors (Lipinski definition) is 3. The first kappa shape index (κ1) is 20.0. The van der Waals surface area contributed by atoms with Gasteiger partial charge >= 0.3 is 6.03 Å². The van der Waals surface area contributed by atoms with Gasteiger partial charge in [-0.25, -0.2) is 13.2 Å². The van der Waals surface area contributed by atoms with E-state index in [9.17, 15) is 13.2 Å². The first-order valence-corrected chi connectivity index (χ1v) is 11.1. The van der Waals surface area contributed by atoms with Gasteiger partial charge in [0.25, 0.3) is 10.0 Å². The lowest BCUT2D eigenvalue weighted by atomic mass is 10.1. The maximum absolute atomic E-state index is 13.1. The normalized spacial score (nSPS) is 13.1. The van der Waals surface area contributed by atoms with Crippen LogP contribution < -0.4 is 14.9 Å². The molecule has 0 bridgehead atoms. The zero-order chi connectivity index (χ0) is 21.3. The summed E-state index contributed by atoms with van der Waals surface area (Å²) in [6.07, 6.45) is 0.635. The minimum Gasteiger partial charge on any atom is -0.308 e. The van der Waals surface area contributed by atoms with Crippen molar-refractivity contribution in [2.45, 2.75) is 25.2 Å². The molecule has 2 amide bonds. The summed E-state index contributed by atoms with van der Waals surface area (Å²) < 4.78 is 27.7. The van der Waals surface area contributed by atoms with Gasteiger partial charge in [-0.15, -0.1) is 0 Å². The molecule has 6 nitrogen and oxygen atoms in total. The Labute approximate surface area is 176 Å². The number of aryl methyl sites for hydroxylation is 2. The molecule has 3 aromatic rings. The third-order valence-electron chi connectivity index (χ3n) is 5.11. The van der Waals surface area contributed by atoms with Crippen molar-refractivity contribution in [3.8, 4) is 0 Å². The van der Waals surface area contributed by atoms with Crippen LogP contribution in [0.25, 0.3) is 0 Å². The number of rotatable bonds is 4. The molecule has 0 aliphatic carbocycles. The maximum Gasteiger partial charge on any atom is 0.323 e. The molecule has 0 saturated heterocycles. The van der Waals surface area contributed by atoms with Gasteiger partial charge in [-0.3, -0.25) is 4.31 Å². The fourth-order valence-electron chi connectivity index (χ4n) is 3.45. The van der Waals surface area contributed by atoms with E-state index in [4.69, 9.17) is 0 Å². The Morgan fingerprint density at radius 2 is 1.40 bits per heavy atom. The lowest BCUT2D eigenvalue weighted by Gasteiger charge is -2.20.